The van der Waals surface area contributed by atoms with Crippen LogP contribution in [0.3, 0.4) is 0 Å². The van der Waals surface area contributed by atoms with Gasteiger partial charge in [-0.1, -0.05) is 141 Å². The molecule has 4 aromatic rings. The normalized spacial score (nSPS) is 9.88. The highest BCUT2D eigenvalue weighted by molar-refractivity contribution is 5.96. The van der Waals surface area contributed by atoms with Crippen molar-refractivity contribution in [1.82, 2.24) is 4.98 Å². The first-order valence-corrected chi connectivity index (χ1v) is 16.0. The summed E-state index contributed by atoms with van der Waals surface area (Å²) in [5.41, 5.74) is 5.27. The summed E-state index contributed by atoms with van der Waals surface area (Å²) in [6.45, 7) is 21.9. The summed E-state index contributed by atoms with van der Waals surface area (Å²) < 4.78 is 11.4. The first-order valence-electron chi connectivity index (χ1n) is 16.0. The minimum absolute atomic E-state index is 0.526. The Morgan fingerprint density at radius 2 is 1.37 bits per heavy atom. The third-order valence-corrected chi connectivity index (χ3v) is 6.25. The van der Waals surface area contributed by atoms with Crippen LogP contribution < -0.4 is 10.1 Å². The van der Waals surface area contributed by atoms with Gasteiger partial charge < -0.3 is 14.8 Å². The summed E-state index contributed by atoms with van der Waals surface area (Å²) in [6, 6.07) is 24.2. The predicted molar refractivity (Wildman–Crippen MR) is 189 cm³/mol. The second-order valence-corrected chi connectivity index (χ2v) is 10.7. The van der Waals surface area contributed by atoms with Gasteiger partial charge in [0.2, 0.25) is 5.88 Å². The number of ether oxygens (including phenoxy) is 2. The van der Waals surface area contributed by atoms with E-state index in [-0.39, 0.29) is 0 Å². The van der Waals surface area contributed by atoms with Gasteiger partial charge in [0.15, 0.2) is 0 Å². The molecule has 3 aromatic carbocycles. The van der Waals surface area contributed by atoms with Crippen LogP contribution in [-0.4, -0.2) is 12.1 Å². The van der Waals surface area contributed by atoms with E-state index in [2.05, 4.69) is 78.6 Å². The second-order valence-electron chi connectivity index (χ2n) is 10.7. The van der Waals surface area contributed by atoms with Gasteiger partial charge in [-0.3, -0.25) is 0 Å². The molecular weight excluding hydrogens is 528 g/mol. The van der Waals surface area contributed by atoms with E-state index in [0.29, 0.717) is 18.3 Å². The standard InChI is InChI=1S/C27H26N2O2.C6H14.2C3H8/c1-18-9-5-7-11-24(18)20(3)28-27-25-12-8-6-10-21(25)16-26(29-27)31-23-14-13-22(17-30-4)19(2)15-23;1-3-5-6-4-2;2*1-3-2/h5-16H,3,17H2,1-2,4H3,(H,28,29);3-6H2,1-2H3;2*3H2,1-2H3. The Kier molecular flexibility index (Phi) is 19.1. The molecule has 4 rings (SSSR count). The van der Waals surface area contributed by atoms with Crippen molar-refractivity contribution in [3.63, 3.8) is 0 Å². The fraction of sp³-hybridized carbons (Fsp3) is 0.410. The lowest BCUT2D eigenvalue weighted by Gasteiger charge is -2.15. The van der Waals surface area contributed by atoms with Crippen molar-refractivity contribution in [2.75, 3.05) is 12.4 Å². The third-order valence-electron chi connectivity index (χ3n) is 6.25. The van der Waals surface area contributed by atoms with E-state index in [4.69, 9.17) is 14.5 Å². The van der Waals surface area contributed by atoms with Gasteiger partial charge in [0.1, 0.15) is 11.6 Å². The van der Waals surface area contributed by atoms with Crippen LogP contribution in [0.4, 0.5) is 5.82 Å². The smallest absolute Gasteiger partial charge is 0.221 e. The zero-order chi connectivity index (χ0) is 32.0. The molecule has 0 atom stereocenters. The minimum atomic E-state index is 0.526. The number of pyridine rings is 1. The number of benzene rings is 3. The fourth-order valence-electron chi connectivity index (χ4n) is 4.11. The molecule has 234 valence electrons. The molecule has 0 saturated carbocycles. The number of hydrogen-bond acceptors (Lipinski definition) is 4. The zero-order valence-electron chi connectivity index (χ0n) is 28.3. The SMILES string of the molecule is C=C(Nc1nc(Oc2ccc(COC)c(C)c2)cc2ccccc12)c1ccccc1C.CCC.CCC.CCCCCC. The molecular formula is C39H56N2O2. The van der Waals surface area contributed by atoms with Crippen molar-refractivity contribution in [3.05, 3.63) is 102 Å². The van der Waals surface area contributed by atoms with E-state index in [1.165, 1.54) is 38.5 Å². The van der Waals surface area contributed by atoms with Crippen molar-refractivity contribution in [2.24, 2.45) is 0 Å². The number of aryl methyl sites for hydroxylation is 2. The summed E-state index contributed by atoms with van der Waals surface area (Å²) in [6.07, 6.45) is 8.04. The van der Waals surface area contributed by atoms with Gasteiger partial charge in [-0.15, -0.1) is 0 Å². The molecule has 0 saturated heterocycles. The highest BCUT2D eigenvalue weighted by atomic mass is 16.5. The van der Waals surface area contributed by atoms with Crippen LogP contribution in [0.5, 0.6) is 11.6 Å². The molecule has 43 heavy (non-hydrogen) atoms. The molecule has 1 aromatic heterocycles. The maximum absolute atomic E-state index is 6.13. The van der Waals surface area contributed by atoms with Crippen LogP contribution in [0.15, 0.2) is 79.4 Å². The van der Waals surface area contributed by atoms with E-state index in [1.54, 1.807) is 7.11 Å². The minimum Gasteiger partial charge on any atom is -0.439 e. The summed E-state index contributed by atoms with van der Waals surface area (Å²) >= 11 is 0. The molecule has 0 bridgehead atoms. The highest BCUT2D eigenvalue weighted by Gasteiger charge is 2.11. The molecule has 0 aliphatic carbocycles. The average Bonchev–Trinajstić information content (AvgIpc) is 2.99. The number of fused-ring (bicyclic) bond motifs is 1. The molecule has 1 heterocycles. The maximum Gasteiger partial charge on any atom is 0.221 e. The molecule has 0 radical (unpaired) electrons. The molecule has 0 aliphatic rings. The number of aromatic nitrogens is 1. The molecule has 0 unspecified atom stereocenters. The number of nitrogens with one attached hydrogen (secondary N) is 1. The summed E-state index contributed by atoms with van der Waals surface area (Å²) in [5.74, 6) is 1.98. The molecule has 0 spiro atoms. The Bertz CT molecular complexity index is 1340. The summed E-state index contributed by atoms with van der Waals surface area (Å²) in [4.78, 5) is 4.76. The topological polar surface area (TPSA) is 43.4 Å². The number of unbranched alkanes of at least 4 members (excludes halogenated alkanes) is 3. The van der Waals surface area contributed by atoms with Gasteiger partial charge >= 0.3 is 0 Å². The molecule has 4 heteroatoms. The van der Waals surface area contributed by atoms with Crippen molar-refractivity contribution in [3.8, 4) is 11.6 Å². The van der Waals surface area contributed by atoms with E-state index >= 15 is 0 Å². The zero-order valence-corrected chi connectivity index (χ0v) is 28.3. The van der Waals surface area contributed by atoms with Crippen LogP contribution in [0.25, 0.3) is 16.5 Å². The average molecular weight is 585 g/mol. The van der Waals surface area contributed by atoms with Crippen LogP contribution in [0.2, 0.25) is 0 Å². The Hall–Kier alpha value is -3.63. The van der Waals surface area contributed by atoms with Crippen molar-refractivity contribution < 1.29 is 9.47 Å². The van der Waals surface area contributed by atoms with Gasteiger partial charge in [0.25, 0.3) is 0 Å². The lowest BCUT2D eigenvalue weighted by atomic mass is 10.1. The number of anilines is 1. The van der Waals surface area contributed by atoms with Crippen LogP contribution in [0, 0.1) is 13.8 Å². The van der Waals surface area contributed by atoms with E-state index in [1.807, 2.05) is 61.5 Å². The first kappa shape index (κ1) is 37.4. The predicted octanol–water partition coefficient (Wildman–Crippen LogP) is 12.3. The Morgan fingerprint density at radius 3 is 1.95 bits per heavy atom. The third kappa shape index (κ3) is 13.5. The number of methoxy groups -OCH3 is 1. The lowest BCUT2D eigenvalue weighted by molar-refractivity contribution is 0.184. The van der Waals surface area contributed by atoms with E-state index < -0.39 is 0 Å². The van der Waals surface area contributed by atoms with Gasteiger partial charge in [-0.25, -0.2) is 0 Å². The molecule has 4 nitrogen and oxygen atoms in total. The fourth-order valence-corrected chi connectivity index (χ4v) is 4.11. The van der Waals surface area contributed by atoms with Crippen LogP contribution in [-0.2, 0) is 11.3 Å². The van der Waals surface area contributed by atoms with Gasteiger partial charge in [0.05, 0.1) is 6.61 Å². The number of rotatable bonds is 10. The first-order chi connectivity index (χ1) is 20.8. The van der Waals surface area contributed by atoms with Gasteiger partial charge in [-0.2, -0.15) is 4.98 Å². The molecule has 0 amide bonds. The van der Waals surface area contributed by atoms with Crippen molar-refractivity contribution in [1.29, 1.82) is 0 Å². The van der Waals surface area contributed by atoms with Crippen LogP contribution >= 0.6 is 0 Å². The van der Waals surface area contributed by atoms with Crippen LogP contribution in [0.1, 0.15) is 102 Å². The molecule has 0 fully saturated rings. The van der Waals surface area contributed by atoms with Gasteiger partial charge in [0, 0.05) is 29.8 Å². The summed E-state index contributed by atoms with van der Waals surface area (Å²) in [7, 11) is 1.70. The Morgan fingerprint density at radius 1 is 0.767 bits per heavy atom. The quantitative estimate of drug-likeness (QED) is 0.188. The maximum atomic E-state index is 6.13. The van der Waals surface area contributed by atoms with Crippen molar-refractivity contribution in [2.45, 2.75) is 101 Å². The molecule has 0 aliphatic heterocycles. The monoisotopic (exact) mass is 584 g/mol. The number of hydrogen-bond donors (Lipinski definition) is 1. The van der Waals surface area contributed by atoms with Gasteiger partial charge in [-0.05, 0) is 48.1 Å². The largest absolute Gasteiger partial charge is 0.439 e. The second kappa shape index (κ2) is 22.0. The molecule has 1 N–H and O–H groups in total. The van der Waals surface area contributed by atoms with E-state index in [0.717, 1.165) is 44.5 Å². The summed E-state index contributed by atoms with van der Waals surface area (Å²) in [5, 5.41) is 5.46. The van der Waals surface area contributed by atoms with E-state index in [9.17, 15) is 0 Å². The Balaban J connectivity index is 0.000000660. The highest BCUT2D eigenvalue weighted by Crippen LogP contribution is 2.31. The lowest BCUT2D eigenvalue weighted by Crippen LogP contribution is -2.03. The number of nitrogens with zero attached hydrogens (tertiary/aromatic N) is 1. The van der Waals surface area contributed by atoms with Crippen molar-refractivity contribution >= 4 is 22.3 Å². The Labute approximate surface area is 262 Å².